The van der Waals surface area contributed by atoms with E-state index < -0.39 is 11.7 Å². The second-order valence-electron chi connectivity index (χ2n) is 7.82. The highest BCUT2D eigenvalue weighted by Crippen LogP contribution is 2.40. The summed E-state index contributed by atoms with van der Waals surface area (Å²) in [7, 11) is 0. The maximum atomic E-state index is 12.9. The number of aromatic nitrogens is 3. The van der Waals surface area contributed by atoms with E-state index >= 15 is 0 Å². The lowest BCUT2D eigenvalue weighted by Gasteiger charge is -2.30. The molecule has 0 spiro atoms. The minimum absolute atomic E-state index is 0.161. The number of carbonyl (C=O) groups is 2. The number of hydrogen-bond donors (Lipinski definition) is 1. The van der Waals surface area contributed by atoms with E-state index in [2.05, 4.69) is 15.2 Å². The average Bonchev–Trinajstić information content (AvgIpc) is 3.35. The summed E-state index contributed by atoms with van der Waals surface area (Å²) in [5.41, 5.74) is 2.08. The number of rotatable bonds is 4. The van der Waals surface area contributed by atoms with Crippen LogP contribution in [0.25, 0.3) is 10.9 Å². The molecule has 2 aliphatic rings. The lowest BCUT2D eigenvalue weighted by atomic mass is 9.96. The highest BCUT2D eigenvalue weighted by molar-refractivity contribution is 6.45. The number of nitrogens with one attached hydrogen (secondary N) is 1. The number of piperidine rings is 1. The summed E-state index contributed by atoms with van der Waals surface area (Å²) in [6, 6.07) is 7.57. The molecule has 28 heavy (non-hydrogen) atoms. The monoisotopic (exact) mass is 378 g/mol. The molecular formula is C21H22N4O3. The molecular weight excluding hydrogens is 356 g/mol. The number of carbonyl (C=O) groups excluding carboxylic acids is 2. The molecule has 2 aromatic heterocycles. The number of Topliss-reactive ketones (excluding diaryl/α,β-unsaturated/α-hetero) is 1. The van der Waals surface area contributed by atoms with Crippen LogP contribution in [0.15, 0.2) is 28.7 Å². The Morgan fingerprint density at radius 3 is 2.36 bits per heavy atom. The fraction of sp³-hybridized carbons (Fsp3) is 0.429. The van der Waals surface area contributed by atoms with Gasteiger partial charge in [-0.2, -0.15) is 0 Å². The Bertz CT molecular complexity index is 1050. The van der Waals surface area contributed by atoms with Crippen molar-refractivity contribution < 1.29 is 14.0 Å². The van der Waals surface area contributed by atoms with Gasteiger partial charge in [-0.1, -0.05) is 18.2 Å². The highest BCUT2D eigenvalue weighted by atomic mass is 16.4. The molecule has 7 nitrogen and oxygen atoms in total. The van der Waals surface area contributed by atoms with E-state index in [0.717, 1.165) is 48.2 Å². The molecule has 0 atom stereocenters. The molecule has 1 saturated carbocycles. The molecule has 3 aromatic rings. The predicted molar refractivity (Wildman–Crippen MR) is 102 cm³/mol. The standard InChI is InChI=1S/C21H22N4O3/c1-12-17(15-4-2-3-5-16(15)22-12)18(26)21(27)25-10-8-14(9-11-25)20-24-23-19(28-20)13-6-7-13/h2-5,13-14,22H,6-11H2,1H3. The fourth-order valence-corrected chi connectivity index (χ4v) is 4.06. The lowest BCUT2D eigenvalue weighted by molar-refractivity contribution is -0.127. The zero-order valence-corrected chi connectivity index (χ0v) is 15.8. The van der Waals surface area contributed by atoms with Crippen LogP contribution in [0.3, 0.4) is 0 Å². The van der Waals surface area contributed by atoms with Gasteiger partial charge in [-0.05, 0) is 38.7 Å². The molecule has 0 radical (unpaired) electrons. The molecule has 7 heteroatoms. The number of H-pyrrole nitrogens is 1. The number of fused-ring (bicyclic) bond motifs is 1. The summed E-state index contributed by atoms with van der Waals surface area (Å²) in [4.78, 5) is 30.6. The van der Waals surface area contributed by atoms with Crippen LogP contribution in [0.5, 0.6) is 0 Å². The van der Waals surface area contributed by atoms with Gasteiger partial charge in [0.1, 0.15) is 0 Å². The highest BCUT2D eigenvalue weighted by Gasteiger charge is 2.34. The summed E-state index contributed by atoms with van der Waals surface area (Å²) in [6.45, 7) is 2.88. The molecule has 2 fully saturated rings. The van der Waals surface area contributed by atoms with Crippen LogP contribution in [-0.2, 0) is 4.79 Å². The first-order valence-electron chi connectivity index (χ1n) is 9.86. The second kappa shape index (κ2) is 6.58. The van der Waals surface area contributed by atoms with E-state index in [1.165, 1.54) is 0 Å². The molecule has 3 heterocycles. The third-order valence-corrected chi connectivity index (χ3v) is 5.83. The maximum absolute atomic E-state index is 12.9. The minimum Gasteiger partial charge on any atom is -0.425 e. The summed E-state index contributed by atoms with van der Waals surface area (Å²) in [5.74, 6) is 1.15. The number of ketones is 1. The summed E-state index contributed by atoms with van der Waals surface area (Å²) in [5, 5.41) is 9.15. The van der Waals surface area contributed by atoms with Crippen LogP contribution in [0.2, 0.25) is 0 Å². The third kappa shape index (κ3) is 2.91. The number of amides is 1. The Morgan fingerprint density at radius 2 is 1.68 bits per heavy atom. The normalized spacial score (nSPS) is 18.0. The number of nitrogens with zero attached hydrogens (tertiary/aromatic N) is 3. The Balaban J connectivity index is 1.28. The predicted octanol–water partition coefficient (Wildman–Crippen LogP) is 3.33. The fourth-order valence-electron chi connectivity index (χ4n) is 4.06. The second-order valence-corrected chi connectivity index (χ2v) is 7.82. The number of aryl methyl sites for hydroxylation is 1. The smallest absolute Gasteiger partial charge is 0.295 e. The minimum atomic E-state index is -0.442. The summed E-state index contributed by atoms with van der Waals surface area (Å²) < 4.78 is 5.82. The number of hydrogen-bond acceptors (Lipinski definition) is 5. The van der Waals surface area contributed by atoms with Gasteiger partial charge in [0.05, 0.1) is 5.56 Å². The quantitative estimate of drug-likeness (QED) is 0.555. The van der Waals surface area contributed by atoms with E-state index in [4.69, 9.17) is 4.42 Å². The molecule has 1 aromatic carbocycles. The Morgan fingerprint density at radius 1 is 1.04 bits per heavy atom. The van der Waals surface area contributed by atoms with Crippen LogP contribution < -0.4 is 0 Å². The van der Waals surface area contributed by atoms with Gasteiger partial charge in [0.2, 0.25) is 11.8 Å². The van der Waals surface area contributed by atoms with Crippen LogP contribution in [0, 0.1) is 6.92 Å². The van der Waals surface area contributed by atoms with Crippen molar-refractivity contribution >= 4 is 22.6 Å². The van der Waals surface area contributed by atoms with Crippen molar-refractivity contribution in [3.8, 4) is 0 Å². The van der Waals surface area contributed by atoms with Crippen molar-refractivity contribution in [3.05, 3.63) is 47.3 Å². The van der Waals surface area contributed by atoms with Crippen LogP contribution >= 0.6 is 0 Å². The number of aromatic amines is 1. The molecule has 144 valence electrons. The molecule has 1 aliphatic carbocycles. The van der Waals surface area contributed by atoms with Gasteiger partial charge >= 0.3 is 0 Å². The van der Waals surface area contributed by atoms with E-state index in [1.54, 1.807) is 4.90 Å². The zero-order valence-electron chi connectivity index (χ0n) is 15.8. The van der Waals surface area contributed by atoms with Gasteiger partial charge in [0, 0.05) is 41.5 Å². The van der Waals surface area contributed by atoms with Crippen LogP contribution in [0.4, 0.5) is 0 Å². The Labute approximate surface area is 162 Å². The Kier molecular flexibility index (Phi) is 4.03. The molecule has 5 rings (SSSR count). The van der Waals surface area contributed by atoms with E-state index in [9.17, 15) is 9.59 Å². The van der Waals surface area contributed by atoms with Gasteiger partial charge in [-0.15, -0.1) is 10.2 Å². The number of benzene rings is 1. The van der Waals surface area contributed by atoms with Crippen LogP contribution in [-0.4, -0.2) is 44.9 Å². The van der Waals surface area contributed by atoms with E-state index in [1.807, 2.05) is 31.2 Å². The van der Waals surface area contributed by atoms with E-state index in [-0.39, 0.29) is 5.92 Å². The molecule has 1 N–H and O–H groups in total. The maximum Gasteiger partial charge on any atom is 0.295 e. The van der Waals surface area contributed by atoms with Crippen molar-refractivity contribution in [2.24, 2.45) is 0 Å². The topological polar surface area (TPSA) is 92.1 Å². The van der Waals surface area contributed by atoms with Gasteiger partial charge in [0.15, 0.2) is 0 Å². The van der Waals surface area contributed by atoms with Crippen molar-refractivity contribution in [2.45, 2.75) is 44.4 Å². The zero-order chi connectivity index (χ0) is 19.3. The molecule has 1 saturated heterocycles. The van der Waals surface area contributed by atoms with E-state index in [0.29, 0.717) is 30.5 Å². The summed E-state index contributed by atoms with van der Waals surface area (Å²) in [6.07, 6.45) is 3.73. The first kappa shape index (κ1) is 17.2. The Hall–Kier alpha value is -2.96. The average molecular weight is 378 g/mol. The first-order valence-corrected chi connectivity index (χ1v) is 9.86. The van der Waals surface area contributed by atoms with Crippen LogP contribution in [0.1, 0.15) is 65.4 Å². The molecule has 0 bridgehead atoms. The first-order chi connectivity index (χ1) is 13.6. The number of para-hydroxylation sites is 1. The largest absolute Gasteiger partial charge is 0.425 e. The van der Waals surface area contributed by atoms with Gasteiger partial charge < -0.3 is 14.3 Å². The van der Waals surface area contributed by atoms with Gasteiger partial charge in [0.25, 0.3) is 11.7 Å². The van der Waals surface area contributed by atoms with Gasteiger partial charge in [-0.25, -0.2) is 0 Å². The van der Waals surface area contributed by atoms with Gasteiger partial charge in [-0.3, -0.25) is 9.59 Å². The number of likely N-dealkylation sites (tertiary alicyclic amines) is 1. The SMILES string of the molecule is Cc1[nH]c2ccccc2c1C(=O)C(=O)N1CCC(c2nnc(C3CC3)o2)CC1. The third-order valence-electron chi connectivity index (χ3n) is 5.83. The van der Waals surface area contributed by atoms with Crippen molar-refractivity contribution in [3.63, 3.8) is 0 Å². The van der Waals surface area contributed by atoms with Crippen molar-refractivity contribution in [1.82, 2.24) is 20.1 Å². The summed E-state index contributed by atoms with van der Waals surface area (Å²) >= 11 is 0. The molecule has 1 amide bonds. The molecule has 1 aliphatic heterocycles. The molecule has 0 unspecified atom stereocenters. The van der Waals surface area contributed by atoms with Crippen molar-refractivity contribution in [1.29, 1.82) is 0 Å². The lowest BCUT2D eigenvalue weighted by Crippen LogP contribution is -2.41. The van der Waals surface area contributed by atoms with Crippen molar-refractivity contribution in [2.75, 3.05) is 13.1 Å².